The van der Waals surface area contributed by atoms with E-state index in [0.29, 0.717) is 23.7 Å². The first-order valence-corrected chi connectivity index (χ1v) is 4.76. The number of rotatable bonds is 2. The highest BCUT2D eigenvalue weighted by Crippen LogP contribution is 2.35. The molecule has 4 nitrogen and oxygen atoms in total. The van der Waals surface area contributed by atoms with E-state index in [9.17, 15) is 4.79 Å². The van der Waals surface area contributed by atoms with Gasteiger partial charge in [0.05, 0.1) is 12.2 Å². The Bertz CT molecular complexity index is 386. The number of fused-ring (bicyclic) bond motifs is 1. The van der Waals surface area contributed by atoms with Crippen LogP contribution in [0.3, 0.4) is 0 Å². The summed E-state index contributed by atoms with van der Waals surface area (Å²) in [6.45, 7) is 1.66. The first-order valence-electron chi connectivity index (χ1n) is 4.76. The van der Waals surface area contributed by atoms with Gasteiger partial charge in [0, 0.05) is 0 Å². The largest absolute Gasteiger partial charge is 0.486 e. The molecule has 1 aromatic rings. The Morgan fingerprint density at radius 1 is 1.60 bits per heavy atom. The molecule has 1 N–H and O–H groups in total. The van der Waals surface area contributed by atoms with Crippen molar-refractivity contribution >= 4 is 5.78 Å². The number of para-hydroxylation sites is 1. The molecule has 2 rings (SSSR count). The second-order valence-electron chi connectivity index (χ2n) is 3.42. The Kier molecular flexibility index (Phi) is 2.60. The molecule has 1 aliphatic heterocycles. The van der Waals surface area contributed by atoms with Crippen LogP contribution < -0.4 is 9.47 Å². The summed E-state index contributed by atoms with van der Waals surface area (Å²) in [7, 11) is 0. The average molecular weight is 208 g/mol. The Morgan fingerprint density at radius 3 is 3.07 bits per heavy atom. The van der Waals surface area contributed by atoms with Gasteiger partial charge in [0.1, 0.15) is 6.61 Å². The van der Waals surface area contributed by atoms with E-state index in [2.05, 4.69) is 0 Å². The first-order chi connectivity index (χ1) is 7.22. The number of carbonyl (C=O) groups excluding carboxylic acids is 1. The lowest BCUT2D eigenvalue weighted by atomic mass is 10.1. The van der Waals surface area contributed by atoms with Crippen molar-refractivity contribution in [2.45, 2.75) is 13.0 Å². The normalized spacial score (nSPS) is 18.7. The minimum atomic E-state index is -0.391. The fourth-order valence-electron chi connectivity index (χ4n) is 1.50. The van der Waals surface area contributed by atoms with E-state index < -0.39 is 6.10 Å². The minimum absolute atomic E-state index is 0.0750. The summed E-state index contributed by atoms with van der Waals surface area (Å²) < 4.78 is 10.9. The van der Waals surface area contributed by atoms with Gasteiger partial charge in [-0.3, -0.25) is 4.79 Å². The molecule has 1 aliphatic rings. The highest BCUT2D eigenvalue weighted by molar-refractivity contribution is 5.97. The molecular formula is C11H12O4. The van der Waals surface area contributed by atoms with Crippen molar-refractivity contribution in [3.05, 3.63) is 23.8 Å². The smallest absolute Gasteiger partial charge is 0.172 e. The lowest BCUT2D eigenvalue weighted by Gasteiger charge is -2.26. The van der Waals surface area contributed by atoms with Gasteiger partial charge in [-0.15, -0.1) is 0 Å². The summed E-state index contributed by atoms with van der Waals surface area (Å²) >= 11 is 0. The van der Waals surface area contributed by atoms with E-state index in [1.54, 1.807) is 18.2 Å². The van der Waals surface area contributed by atoms with E-state index in [4.69, 9.17) is 14.6 Å². The SMILES string of the molecule is CC(=O)c1cccc2c1OC(CO)CO2. The highest BCUT2D eigenvalue weighted by atomic mass is 16.6. The number of benzene rings is 1. The number of carbonyl (C=O) groups is 1. The maximum atomic E-state index is 11.3. The number of Topliss-reactive ketones (excluding diaryl/α,β-unsaturated/α-hetero) is 1. The molecule has 1 unspecified atom stereocenters. The van der Waals surface area contributed by atoms with Crippen LogP contribution in [0.15, 0.2) is 18.2 Å². The predicted octanol–water partition coefficient (Wildman–Crippen LogP) is 1.02. The van der Waals surface area contributed by atoms with Gasteiger partial charge < -0.3 is 14.6 Å². The van der Waals surface area contributed by atoms with Crippen molar-refractivity contribution in [2.75, 3.05) is 13.2 Å². The Morgan fingerprint density at radius 2 is 2.40 bits per heavy atom. The fourth-order valence-corrected chi connectivity index (χ4v) is 1.50. The maximum Gasteiger partial charge on any atom is 0.172 e. The van der Waals surface area contributed by atoms with Crippen molar-refractivity contribution in [1.29, 1.82) is 0 Å². The third kappa shape index (κ3) is 1.80. The molecule has 1 atom stereocenters. The van der Waals surface area contributed by atoms with Crippen LogP contribution in [0, 0.1) is 0 Å². The third-order valence-corrected chi connectivity index (χ3v) is 2.27. The van der Waals surface area contributed by atoms with Gasteiger partial charge >= 0.3 is 0 Å². The Hall–Kier alpha value is -1.55. The summed E-state index contributed by atoms with van der Waals surface area (Å²) in [5, 5.41) is 8.96. The van der Waals surface area contributed by atoms with Crippen LogP contribution in [0.25, 0.3) is 0 Å². The predicted molar refractivity (Wildman–Crippen MR) is 53.4 cm³/mol. The van der Waals surface area contributed by atoms with Crippen molar-refractivity contribution in [3.8, 4) is 11.5 Å². The second-order valence-corrected chi connectivity index (χ2v) is 3.42. The van der Waals surface area contributed by atoms with Crippen molar-refractivity contribution in [2.24, 2.45) is 0 Å². The summed E-state index contributed by atoms with van der Waals surface area (Å²) in [4.78, 5) is 11.3. The van der Waals surface area contributed by atoms with Crippen molar-refractivity contribution < 1.29 is 19.4 Å². The zero-order chi connectivity index (χ0) is 10.8. The Balaban J connectivity index is 2.40. The van der Waals surface area contributed by atoms with Gasteiger partial charge in [-0.25, -0.2) is 0 Å². The highest BCUT2D eigenvalue weighted by Gasteiger charge is 2.23. The van der Waals surface area contributed by atoms with Gasteiger partial charge in [0.15, 0.2) is 23.4 Å². The van der Waals surface area contributed by atoms with E-state index in [-0.39, 0.29) is 12.4 Å². The average Bonchev–Trinajstić information content (AvgIpc) is 2.27. The zero-order valence-corrected chi connectivity index (χ0v) is 8.40. The number of aliphatic hydroxyl groups excluding tert-OH is 1. The molecule has 0 bridgehead atoms. The number of ketones is 1. The van der Waals surface area contributed by atoms with Gasteiger partial charge in [-0.05, 0) is 19.1 Å². The minimum Gasteiger partial charge on any atom is -0.486 e. The first kappa shape index (κ1) is 9.98. The molecule has 0 amide bonds. The molecular weight excluding hydrogens is 196 g/mol. The molecule has 15 heavy (non-hydrogen) atoms. The fraction of sp³-hybridized carbons (Fsp3) is 0.364. The van der Waals surface area contributed by atoms with Crippen LogP contribution in [0.2, 0.25) is 0 Å². The summed E-state index contributed by atoms with van der Waals surface area (Å²) in [6.07, 6.45) is -0.391. The number of hydrogen-bond acceptors (Lipinski definition) is 4. The third-order valence-electron chi connectivity index (χ3n) is 2.27. The molecule has 0 spiro atoms. The molecule has 80 valence electrons. The van der Waals surface area contributed by atoms with E-state index >= 15 is 0 Å². The topological polar surface area (TPSA) is 55.8 Å². The molecule has 0 saturated carbocycles. The van der Waals surface area contributed by atoms with Gasteiger partial charge in [0.2, 0.25) is 0 Å². The summed E-state index contributed by atoms with van der Waals surface area (Å²) in [6, 6.07) is 5.18. The number of ether oxygens (including phenoxy) is 2. The number of aliphatic hydroxyl groups is 1. The van der Waals surface area contributed by atoms with Gasteiger partial charge in [0.25, 0.3) is 0 Å². The lowest BCUT2D eigenvalue weighted by molar-refractivity contribution is 0.0445. The summed E-state index contributed by atoms with van der Waals surface area (Å²) in [5.74, 6) is 0.928. The van der Waals surface area contributed by atoms with E-state index in [1.165, 1.54) is 6.92 Å². The molecule has 0 fully saturated rings. The number of hydrogen-bond donors (Lipinski definition) is 1. The van der Waals surface area contributed by atoms with Crippen LogP contribution >= 0.6 is 0 Å². The standard InChI is InChI=1S/C11H12O4/c1-7(13)9-3-2-4-10-11(9)15-8(5-12)6-14-10/h2-4,8,12H,5-6H2,1H3. The summed E-state index contributed by atoms with van der Waals surface area (Å²) in [5.41, 5.74) is 0.491. The molecule has 0 saturated heterocycles. The van der Waals surface area contributed by atoms with Crippen molar-refractivity contribution in [3.63, 3.8) is 0 Å². The van der Waals surface area contributed by atoms with Crippen LogP contribution in [-0.4, -0.2) is 30.2 Å². The van der Waals surface area contributed by atoms with Gasteiger partial charge in [-0.1, -0.05) is 6.07 Å². The second kappa shape index (κ2) is 3.90. The molecule has 0 aromatic heterocycles. The van der Waals surface area contributed by atoms with Gasteiger partial charge in [-0.2, -0.15) is 0 Å². The zero-order valence-electron chi connectivity index (χ0n) is 8.40. The van der Waals surface area contributed by atoms with E-state index in [0.717, 1.165) is 0 Å². The van der Waals surface area contributed by atoms with Crippen LogP contribution in [-0.2, 0) is 0 Å². The molecule has 0 aliphatic carbocycles. The monoisotopic (exact) mass is 208 g/mol. The van der Waals surface area contributed by atoms with Crippen LogP contribution in [0.5, 0.6) is 11.5 Å². The maximum absolute atomic E-state index is 11.3. The molecule has 0 radical (unpaired) electrons. The van der Waals surface area contributed by atoms with Crippen molar-refractivity contribution in [1.82, 2.24) is 0 Å². The van der Waals surface area contributed by atoms with E-state index in [1.807, 2.05) is 0 Å². The molecule has 1 heterocycles. The Labute approximate surface area is 87.4 Å². The lowest BCUT2D eigenvalue weighted by Crippen LogP contribution is -2.32. The van der Waals surface area contributed by atoms with Crippen LogP contribution in [0.4, 0.5) is 0 Å². The quantitative estimate of drug-likeness (QED) is 0.737. The molecule has 1 aromatic carbocycles. The van der Waals surface area contributed by atoms with Crippen LogP contribution in [0.1, 0.15) is 17.3 Å². The molecule has 4 heteroatoms.